The van der Waals surface area contributed by atoms with Crippen molar-refractivity contribution in [3.8, 4) is 11.1 Å². The predicted octanol–water partition coefficient (Wildman–Crippen LogP) is 5.18. The Balaban J connectivity index is 1.65. The Labute approximate surface area is 135 Å². The quantitative estimate of drug-likeness (QED) is 0.436. The van der Waals surface area contributed by atoms with Crippen LogP contribution in [0.3, 0.4) is 0 Å². The van der Waals surface area contributed by atoms with E-state index in [0.717, 1.165) is 6.54 Å². The molecule has 2 rings (SSSR count). The SMILES string of the molecule is CCCCCCCCCC[n+]1ccc(-c2ccncc2)cc1. The minimum absolute atomic E-state index is 1.13. The normalized spacial score (nSPS) is 10.8. The van der Waals surface area contributed by atoms with Crippen molar-refractivity contribution in [1.82, 2.24) is 4.98 Å². The Kier molecular flexibility index (Phi) is 7.65. The van der Waals surface area contributed by atoms with Crippen molar-refractivity contribution < 1.29 is 4.57 Å². The Hall–Kier alpha value is -1.70. The summed E-state index contributed by atoms with van der Waals surface area (Å²) in [5, 5.41) is 0. The fraction of sp³-hybridized carbons (Fsp3) is 0.500. The van der Waals surface area contributed by atoms with Crippen LogP contribution in [0.4, 0.5) is 0 Å². The van der Waals surface area contributed by atoms with Crippen molar-refractivity contribution >= 4 is 0 Å². The number of hydrogen-bond acceptors (Lipinski definition) is 1. The first-order valence-electron chi connectivity index (χ1n) is 8.79. The van der Waals surface area contributed by atoms with E-state index in [4.69, 9.17) is 0 Å². The molecule has 2 aromatic rings. The van der Waals surface area contributed by atoms with Gasteiger partial charge in [0.15, 0.2) is 12.4 Å². The zero-order valence-electron chi connectivity index (χ0n) is 13.9. The lowest BCUT2D eigenvalue weighted by atomic mass is 10.1. The first-order valence-corrected chi connectivity index (χ1v) is 8.79. The molecule has 118 valence electrons. The Morgan fingerprint density at radius 1 is 0.727 bits per heavy atom. The first kappa shape index (κ1) is 16.7. The van der Waals surface area contributed by atoms with Gasteiger partial charge >= 0.3 is 0 Å². The van der Waals surface area contributed by atoms with Gasteiger partial charge in [-0.2, -0.15) is 0 Å². The number of rotatable bonds is 10. The number of nitrogens with zero attached hydrogens (tertiary/aromatic N) is 2. The topological polar surface area (TPSA) is 16.8 Å². The van der Waals surface area contributed by atoms with Gasteiger partial charge in [0.1, 0.15) is 6.54 Å². The van der Waals surface area contributed by atoms with Crippen LogP contribution in [0.5, 0.6) is 0 Å². The molecule has 0 aromatic carbocycles. The van der Waals surface area contributed by atoms with Gasteiger partial charge < -0.3 is 0 Å². The van der Waals surface area contributed by atoms with Crippen LogP contribution in [0.1, 0.15) is 58.3 Å². The van der Waals surface area contributed by atoms with Crippen LogP contribution in [0, 0.1) is 0 Å². The van der Waals surface area contributed by atoms with Crippen molar-refractivity contribution in [2.75, 3.05) is 0 Å². The van der Waals surface area contributed by atoms with E-state index < -0.39 is 0 Å². The molecule has 0 radical (unpaired) electrons. The Morgan fingerprint density at radius 2 is 1.27 bits per heavy atom. The van der Waals surface area contributed by atoms with Gasteiger partial charge in [0.25, 0.3) is 0 Å². The second-order valence-electron chi connectivity index (χ2n) is 6.04. The summed E-state index contributed by atoms with van der Waals surface area (Å²) < 4.78 is 2.29. The van der Waals surface area contributed by atoms with E-state index in [1.54, 1.807) is 0 Å². The van der Waals surface area contributed by atoms with Crippen molar-refractivity contribution in [2.24, 2.45) is 0 Å². The molecule has 0 amide bonds. The lowest BCUT2D eigenvalue weighted by Gasteiger charge is -2.02. The molecular weight excluding hydrogens is 268 g/mol. The highest BCUT2D eigenvalue weighted by molar-refractivity contribution is 5.61. The second-order valence-corrected chi connectivity index (χ2v) is 6.04. The van der Waals surface area contributed by atoms with Gasteiger partial charge in [-0.15, -0.1) is 0 Å². The minimum Gasteiger partial charge on any atom is -0.265 e. The summed E-state index contributed by atoms with van der Waals surface area (Å²) in [6, 6.07) is 8.50. The summed E-state index contributed by atoms with van der Waals surface area (Å²) in [7, 11) is 0. The highest BCUT2D eigenvalue weighted by atomic mass is 14.9. The number of unbranched alkanes of at least 4 members (excludes halogenated alkanes) is 7. The summed E-state index contributed by atoms with van der Waals surface area (Å²) in [4.78, 5) is 4.06. The molecule has 0 saturated carbocycles. The van der Waals surface area contributed by atoms with E-state index in [-0.39, 0.29) is 0 Å². The molecule has 0 N–H and O–H groups in total. The van der Waals surface area contributed by atoms with Gasteiger partial charge in [-0.1, -0.05) is 45.4 Å². The van der Waals surface area contributed by atoms with Gasteiger partial charge in [0.2, 0.25) is 0 Å². The molecule has 0 aliphatic carbocycles. The molecule has 0 aliphatic heterocycles. The molecule has 0 atom stereocenters. The van der Waals surface area contributed by atoms with Crippen LogP contribution in [0.25, 0.3) is 11.1 Å². The zero-order chi connectivity index (χ0) is 15.5. The maximum atomic E-state index is 4.06. The molecule has 22 heavy (non-hydrogen) atoms. The number of hydrogen-bond donors (Lipinski definition) is 0. The first-order chi connectivity index (χ1) is 10.9. The number of pyridine rings is 2. The van der Waals surface area contributed by atoms with E-state index in [9.17, 15) is 0 Å². The van der Waals surface area contributed by atoms with Crippen LogP contribution < -0.4 is 4.57 Å². The lowest BCUT2D eigenvalue weighted by Crippen LogP contribution is -2.32. The van der Waals surface area contributed by atoms with Crippen LogP contribution in [-0.4, -0.2) is 4.98 Å². The summed E-state index contributed by atoms with van der Waals surface area (Å²) >= 11 is 0. The van der Waals surface area contributed by atoms with Gasteiger partial charge in [0, 0.05) is 30.9 Å². The van der Waals surface area contributed by atoms with E-state index >= 15 is 0 Å². The van der Waals surface area contributed by atoms with Crippen molar-refractivity contribution in [2.45, 2.75) is 64.8 Å². The largest absolute Gasteiger partial charge is 0.265 e. The monoisotopic (exact) mass is 297 g/mol. The minimum atomic E-state index is 1.13. The van der Waals surface area contributed by atoms with Crippen LogP contribution in [0.2, 0.25) is 0 Å². The number of aryl methyl sites for hydroxylation is 1. The molecule has 0 unspecified atom stereocenters. The molecular formula is C20H29N2+. The van der Waals surface area contributed by atoms with Gasteiger partial charge in [-0.25, -0.2) is 4.57 Å². The molecule has 2 aromatic heterocycles. The van der Waals surface area contributed by atoms with E-state index in [2.05, 4.69) is 53.1 Å². The van der Waals surface area contributed by atoms with E-state index in [1.165, 1.54) is 62.5 Å². The van der Waals surface area contributed by atoms with Crippen LogP contribution >= 0.6 is 0 Å². The molecule has 0 spiro atoms. The van der Waals surface area contributed by atoms with Gasteiger partial charge in [-0.05, 0) is 29.7 Å². The van der Waals surface area contributed by atoms with Crippen molar-refractivity contribution in [1.29, 1.82) is 0 Å². The summed E-state index contributed by atoms with van der Waals surface area (Å²) in [6.45, 7) is 3.41. The Bertz CT molecular complexity index is 505. The average Bonchev–Trinajstić information content (AvgIpc) is 2.59. The third-order valence-electron chi connectivity index (χ3n) is 4.17. The zero-order valence-corrected chi connectivity index (χ0v) is 13.9. The fourth-order valence-corrected chi connectivity index (χ4v) is 2.77. The predicted molar refractivity (Wildman–Crippen MR) is 92.5 cm³/mol. The fourth-order valence-electron chi connectivity index (χ4n) is 2.77. The molecule has 0 saturated heterocycles. The maximum absolute atomic E-state index is 4.06. The van der Waals surface area contributed by atoms with Crippen molar-refractivity contribution in [3.63, 3.8) is 0 Å². The molecule has 2 nitrogen and oxygen atoms in total. The third kappa shape index (κ3) is 5.97. The van der Waals surface area contributed by atoms with Gasteiger partial charge in [-0.3, -0.25) is 4.98 Å². The molecule has 0 bridgehead atoms. The summed E-state index contributed by atoms with van der Waals surface area (Å²) in [5.74, 6) is 0. The highest BCUT2D eigenvalue weighted by Gasteiger charge is 2.02. The molecule has 0 fully saturated rings. The van der Waals surface area contributed by atoms with Crippen LogP contribution in [0.15, 0.2) is 49.1 Å². The van der Waals surface area contributed by atoms with Crippen molar-refractivity contribution in [3.05, 3.63) is 49.1 Å². The Morgan fingerprint density at radius 3 is 1.91 bits per heavy atom. The standard InChI is InChI=1S/C20H29N2/c1-2-3-4-5-6-7-8-9-16-22-17-12-20(13-18-22)19-10-14-21-15-11-19/h10-15,17-18H,2-9,16H2,1H3/q+1. The smallest absolute Gasteiger partial charge is 0.169 e. The highest BCUT2D eigenvalue weighted by Crippen LogP contribution is 2.15. The van der Waals surface area contributed by atoms with Gasteiger partial charge in [0.05, 0.1) is 0 Å². The maximum Gasteiger partial charge on any atom is 0.169 e. The second kappa shape index (κ2) is 10.1. The number of aromatic nitrogens is 2. The average molecular weight is 297 g/mol. The molecule has 0 aliphatic rings. The lowest BCUT2D eigenvalue weighted by molar-refractivity contribution is -0.697. The molecule has 2 heterocycles. The third-order valence-corrected chi connectivity index (χ3v) is 4.17. The van der Waals surface area contributed by atoms with Crippen LogP contribution in [-0.2, 0) is 6.54 Å². The van der Waals surface area contributed by atoms with E-state index in [1.807, 2.05) is 12.4 Å². The molecule has 2 heteroatoms. The summed E-state index contributed by atoms with van der Waals surface area (Å²) in [6.07, 6.45) is 19.1. The van der Waals surface area contributed by atoms with E-state index in [0.29, 0.717) is 0 Å². The summed E-state index contributed by atoms with van der Waals surface area (Å²) in [5.41, 5.74) is 2.49.